The van der Waals surface area contributed by atoms with E-state index in [1.807, 2.05) is 79.7 Å². The summed E-state index contributed by atoms with van der Waals surface area (Å²) in [6.07, 6.45) is 1.77. The van der Waals surface area contributed by atoms with Crippen molar-refractivity contribution in [3.63, 3.8) is 0 Å². The molecule has 0 aliphatic rings. The quantitative estimate of drug-likeness (QED) is 0.384. The van der Waals surface area contributed by atoms with E-state index in [1.165, 1.54) is 0 Å². The summed E-state index contributed by atoms with van der Waals surface area (Å²) in [6, 6.07) is 23.5. The van der Waals surface area contributed by atoms with E-state index >= 15 is 0 Å². The Kier molecular flexibility index (Phi) is 5.06. The number of pyridine rings is 1. The number of nitrogens with zero attached hydrogens (tertiary/aromatic N) is 2. The van der Waals surface area contributed by atoms with Crippen molar-refractivity contribution in [1.29, 1.82) is 0 Å². The third-order valence-electron chi connectivity index (χ3n) is 5.10. The number of nitrogens with one attached hydrogen (secondary N) is 1. The summed E-state index contributed by atoms with van der Waals surface area (Å²) < 4.78 is 5.71. The van der Waals surface area contributed by atoms with Crippen LogP contribution in [0, 0.1) is 6.92 Å². The normalized spacial score (nSPS) is 11.0. The molecule has 0 bridgehead atoms. The van der Waals surface area contributed by atoms with Gasteiger partial charge in [-0.05, 0) is 53.6 Å². The molecule has 0 unspecified atom stereocenters. The third kappa shape index (κ3) is 3.98. The number of anilines is 1. The van der Waals surface area contributed by atoms with Crippen LogP contribution in [0.5, 0.6) is 5.75 Å². The smallest absolute Gasteiger partial charge is 0.262 e. The molecule has 0 radical (unpaired) electrons. The van der Waals surface area contributed by atoms with Crippen LogP contribution in [-0.4, -0.2) is 22.5 Å². The highest BCUT2D eigenvalue weighted by molar-refractivity contribution is 7.21. The molecule has 0 saturated heterocycles. The molecule has 0 aliphatic carbocycles. The number of hydrogen-bond donors (Lipinski definition) is 1. The van der Waals surface area contributed by atoms with Crippen molar-refractivity contribution in [3.8, 4) is 16.3 Å². The first kappa shape index (κ1) is 19.2. The van der Waals surface area contributed by atoms with Gasteiger partial charge in [0.25, 0.3) is 5.91 Å². The molecule has 0 fully saturated rings. The largest absolute Gasteiger partial charge is 0.484 e. The first-order valence-corrected chi connectivity index (χ1v) is 10.7. The Balaban J connectivity index is 1.31. The Labute approximate surface area is 183 Å². The molecule has 0 aliphatic heterocycles. The van der Waals surface area contributed by atoms with Gasteiger partial charge in [-0.2, -0.15) is 0 Å². The molecule has 5 aromatic rings. The van der Waals surface area contributed by atoms with E-state index in [0.717, 1.165) is 42.9 Å². The summed E-state index contributed by atoms with van der Waals surface area (Å²) in [5, 5.41) is 6.06. The van der Waals surface area contributed by atoms with Gasteiger partial charge in [-0.1, -0.05) is 53.8 Å². The van der Waals surface area contributed by atoms with Gasteiger partial charge in [0, 0.05) is 17.4 Å². The lowest BCUT2D eigenvalue weighted by Crippen LogP contribution is -2.20. The topological polar surface area (TPSA) is 64.1 Å². The molecule has 5 nitrogen and oxygen atoms in total. The summed E-state index contributed by atoms with van der Waals surface area (Å²) in [7, 11) is 0. The number of ether oxygens (including phenoxy) is 1. The second-order valence-electron chi connectivity index (χ2n) is 7.17. The van der Waals surface area contributed by atoms with Gasteiger partial charge in [0.2, 0.25) is 0 Å². The number of fused-ring (bicyclic) bond motifs is 2. The van der Waals surface area contributed by atoms with Crippen LogP contribution in [0.4, 0.5) is 5.69 Å². The average molecular weight is 426 g/mol. The number of thiazole rings is 1. The Hall–Kier alpha value is -3.77. The van der Waals surface area contributed by atoms with Crippen molar-refractivity contribution >= 4 is 44.1 Å². The fourth-order valence-electron chi connectivity index (χ4n) is 3.48. The van der Waals surface area contributed by atoms with Crippen molar-refractivity contribution in [2.45, 2.75) is 6.92 Å². The zero-order chi connectivity index (χ0) is 21.2. The maximum Gasteiger partial charge on any atom is 0.262 e. The summed E-state index contributed by atoms with van der Waals surface area (Å²) in [5.41, 5.74) is 3.56. The molecule has 3 aromatic carbocycles. The molecule has 5 rings (SSSR count). The predicted molar refractivity (Wildman–Crippen MR) is 126 cm³/mol. The number of rotatable bonds is 5. The predicted octanol–water partition coefficient (Wildman–Crippen LogP) is 5.84. The van der Waals surface area contributed by atoms with Crippen LogP contribution in [0.15, 0.2) is 79.0 Å². The maximum absolute atomic E-state index is 12.5. The Morgan fingerprint density at radius 2 is 1.87 bits per heavy atom. The van der Waals surface area contributed by atoms with Crippen LogP contribution in [0.1, 0.15) is 5.56 Å². The molecule has 0 spiro atoms. The van der Waals surface area contributed by atoms with Crippen LogP contribution in [-0.2, 0) is 4.79 Å². The number of hydrogen-bond acceptors (Lipinski definition) is 5. The minimum absolute atomic E-state index is 0.0624. The minimum Gasteiger partial charge on any atom is -0.484 e. The van der Waals surface area contributed by atoms with Gasteiger partial charge in [0.1, 0.15) is 21.1 Å². The van der Waals surface area contributed by atoms with Gasteiger partial charge in [-0.3, -0.25) is 4.79 Å². The van der Waals surface area contributed by atoms with Crippen LogP contribution in [0.2, 0.25) is 0 Å². The van der Waals surface area contributed by atoms with E-state index in [4.69, 9.17) is 4.74 Å². The first-order chi connectivity index (χ1) is 15.2. The molecule has 0 atom stereocenters. The molecule has 152 valence electrons. The number of benzene rings is 3. The summed E-state index contributed by atoms with van der Waals surface area (Å²) in [4.78, 5) is 22.5. The number of carbonyl (C=O) groups excluding carboxylic acids is 1. The molecule has 6 heteroatoms. The fraction of sp³-hybridized carbons (Fsp3) is 0.0800. The minimum atomic E-state index is -0.209. The first-order valence-electron chi connectivity index (χ1n) is 9.90. The zero-order valence-electron chi connectivity index (χ0n) is 16.8. The lowest BCUT2D eigenvalue weighted by atomic mass is 10.1. The van der Waals surface area contributed by atoms with Crippen molar-refractivity contribution in [2.24, 2.45) is 0 Å². The van der Waals surface area contributed by atoms with Gasteiger partial charge in [-0.25, -0.2) is 9.97 Å². The van der Waals surface area contributed by atoms with Crippen molar-refractivity contribution < 1.29 is 9.53 Å². The zero-order valence-corrected chi connectivity index (χ0v) is 17.6. The van der Waals surface area contributed by atoms with Gasteiger partial charge in [0.15, 0.2) is 6.61 Å². The monoisotopic (exact) mass is 425 g/mol. The van der Waals surface area contributed by atoms with Gasteiger partial charge >= 0.3 is 0 Å². The highest BCUT2D eigenvalue weighted by atomic mass is 32.1. The Morgan fingerprint density at radius 1 is 1.00 bits per heavy atom. The fourth-order valence-corrected chi connectivity index (χ4v) is 4.47. The van der Waals surface area contributed by atoms with Crippen molar-refractivity contribution in [2.75, 3.05) is 11.9 Å². The number of aromatic nitrogens is 2. The Morgan fingerprint density at radius 3 is 2.74 bits per heavy atom. The summed E-state index contributed by atoms with van der Waals surface area (Å²) >= 11 is 1.54. The number of amides is 1. The molecule has 31 heavy (non-hydrogen) atoms. The standard InChI is InChI=1S/C25H19N3O2S/c1-16-20(24-28-22-10-5-13-26-25(22)31-24)8-4-9-21(16)27-23(29)15-30-19-12-11-17-6-2-3-7-18(17)14-19/h2-14H,15H2,1H3,(H,27,29). The lowest BCUT2D eigenvalue weighted by molar-refractivity contribution is -0.118. The van der Waals surface area contributed by atoms with E-state index in [-0.39, 0.29) is 12.5 Å². The molecular formula is C25H19N3O2S. The van der Waals surface area contributed by atoms with Gasteiger partial charge in [-0.15, -0.1) is 0 Å². The van der Waals surface area contributed by atoms with E-state index in [9.17, 15) is 4.79 Å². The highest BCUT2D eigenvalue weighted by Gasteiger charge is 2.13. The van der Waals surface area contributed by atoms with Crippen molar-refractivity contribution in [1.82, 2.24) is 9.97 Å². The van der Waals surface area contributed by atoms with E-state index in [0.29, 0.717) is 5.75 Å². The van der Waals surface area contributed by atoms with Gasteiger partial charge < -0.3 is 10.1 Å². The van der Waals surface area contributed by atoms with Crippen LogP contribution in [0.25, 0.3) is 31.7 Å². The van der Waals surface area contributed by atoms with Crippen molar-refractivity contribution in [3.05, 3.63) is 84.6 Å². The van der Waals surface area contributed by atoms with Crippen LogP contribution >= 0.6 is 11.3 Å². The van der Waals surface area contributed by atoms with E-state index in [2.05, 4.69) is 15.3 Å². The average Bonchev–Trinajstić information content (AvgIpc) is 3.23. The number of carbonyl (C=O) groups is 1. The summed E-state index contributed by atoms with van der Waals surface area (Å²) in [6.45, 7) is 1.92. The molecule has 2 aromatic heterocycles. The molecule has 1 amide bonds. The highest BCUT2D eigenvalue weighted by Crippen LogP contribution is 2.33. The third-order valence-corrected chi connectivity index (χ3v) is 6.11. The maximum atomic E-state index is 12.5. The molecule has 1 N–H and O–H groups in total. The van der Waals surface area contributed by atoms with Crippen LogP contribution < -0.4 is 10.1 Å². The lowest BCUT2D eigenvalue weighted by Gasteiger charge is -2.12. The Bertz CT molecular complexity index is 1380. The summed E-state index contributed by atoms with van der Waals surface area (Å²) in [5.74, 6) is 0.459. The van der Waals surface area contributed by atoms with Crippen LogP contribution in [0.3, 0.4) is 0 Å². The molecule has 2 heterocycles. The molecular weight excluding hydrogens is 406 g/mol. The second kappa shape index (κ2) is 8.16. The second-order valence-corrected chi connectivity index (χ2v) is 8.15. The van der Waals surface area contributed by atoms with E-state index < -0.39 is 0 Å². The molecule has 0 saturated carbocycles. The van der Waals surface area contributed by atoms with Gasteiger partial charge in [0.05, 0.1) is 0 Å². The SMILES string of the molecule is Cc1c(NC(=O)COc2ccc3ccccc3c2)cccc1-c1nc2cccnc2s1. The van der Waals surface area contributed by atoms with E-state index in [1.54, 1.807) is 17.5 Å².